The maximum Gasteiger partial charge on any atom is 0.417 e. The molecule has 0 spiro atoms. The van der Waals surface area contributed by atoms with Crippen LogP contribution in [-0.4, -0.2) is 34.6 Å². The first-order valence-corrected chi connectivity index (χ1v) is 8.81. The van der Waals surface area contributed by atoms with Crippen LogP contribution < -0.4 is 5.32 Å². The first kappa shape index (κ1) is 16.8. The Kier molecular flexibility index (Phi) is 4.78. The van der Waals surface area contributed by atoms with E-state index in [-0.39, 0.29) is 12.1 Å². The van der Waals surface area contributed by atoms with Gasteiger partial charge in [0.05, 0.1) is 18.6 Å². The number of benzene rings is 1. The van der Waals surface area contributed by atoms with Gasteiger partial charge in [0, 0.05) is 0 Å². The fraction of sp³-hybridized carbons (Fsp3) is 0.579. The van der Waals surface area contributed by atoms with E-state index in [1.807, 2.05) is 51.1 Å². The molecule has 1 heterocycles. The quantitative estimate of drug-likeness (QED) is 0.900. The molecule has 5 heteroatoms. The Morgan fingerprint density at radius 3 is 2.67 bits per heavy atom. The van der Waals surface area contributed by atoms with Crippen LogP contribution >= 0.6 is 0 Å². The van der Waals surface area contributed by atoms with Crippen LogP contribution in [-0.2, 0) is 11.3 Å². The van der Waals surface area contributed by atoms with Gasteiger partial charge in [-0.3, -0.25) is 0 Å². The summed E-state index contributed by atoms with van der Waals surface area (Å²) in [5, 5.41) is 3.45. The van der Waals surface area contributed by atoms with Gasteiger partial charge >= 0.3 is 6.09 Å². The van der Waals surface area contributed by atoms with Crippen LogP contribution in [0.25, 0.3) is 0 Å². The Morgan fingerprint density at radius 2 is 1.96 bits per heavy atom. The summed E-state index contributed by atoms with van der Waals surface area (Å²) in [6, 6.07) is 10.5. The van der Waals surface area contributed by atoms with Crippen LogP contribution in [0.4, 0.5) is 4.79 Å². The fourth-order valence-corrected chi connectivity index (χ4v) is 3.39. The Labute approximate surface area is 144 Å². The summed E-state index contributed by atoms with van der Waals surface area (Å²) in [6.07, 6.45) is 4.13. The zero-order chi connectivity index (χ0) is 17.2. The highest BCUT2D eigenvalue weighted by Gasteiger charge is 2.44. The van der Waals surface area contributed by atoms with Gasteiger partial charge in [0.15, 0.2) is 0 Å². The molecule has 24 heavy (non-hydrogen) atoms. The van der Waals surface area contributed by atoms with Crippen molar-refractivity contribution in [2.24, 2.45) is 4.99 Å². The van der Waals surface area contributed by atoms with E-state index in [9.17, 15) is 4.79 Å². The Balaban J connectivity index is 1.80. The topological polar surface area (TPSA) is 53.9 Å². The van der Waals surface area contributed by atoms with Crippen molar-refractivity contribution in [3.63, 3.8) is 0 Å². The van der Waals surface area contributed by atoms with Gasteiger partial charge in [-0.15, -0.1) is 0 Å². The van der Waals surface area contributed by atoms with Gasteiger partial charge in [0.25, 0.3) is 0 Å². The molecule has 0 aromatic heterocycles. The lowest BCUT2D eigenvalue weighted by Crippen LogP contribution is -2.45. The van der Waals surface area contributed by atoms with Crippen molar-refractivity contribution < 1.29 is 9.53 Å². The SMILES string of the molecule is CC(C)(C)OC(=O)N1C(=NCc2ccccc2)N[C@H]2CCCC[C@H]21. The van der Waals surface area contributed by atoms with Gasteiger partial charge in [-0.2, -0.15) is 0 Å². The van der Waals surface area contributed by atoms with Crippen LogP contribution in [0.2, 0.25) is 0 Å². The second kappa shape index (κ2) is 6.83. The molecule has 2 atom stereocenters. The number of hydrogen-bond acceptors (Lipinski definition) is 3. The molecule has 1 aromatic carbocycles. The summed E-state index contributed by atoms with van der Waals surface area (Å²) >= 11 is 0. The molecule has 0 bridgehead atoms. The van der Waals surface area contributed by atoms with Gasteiger partial charge in [-0.1, -0.05) is 43.2 Å². The Hall–Kier alpha value is -2.04. The molecule has 5 nitrogen and oxygen atoms in total. The minimum Gasteiger partial charge on any atom is -0.443 e. The molecule has 0 radical (unpaired) electrons. The maximum absolute atomic E-state index is 12.7. The van der Waals surface area contributed by atoms with Crippen molar-refractivity contribution in [3.05, 3.63) is 35.9 Å². The third kappa shape index (κ3) is 3.89. The van der Waals surface area contributed by atoms with Gasteiger partial charge in [-0.05, 0) is 39.2 Å². The second-order valence-corrected chi connectivity index (χ2v) is 7.58. The highest BCUT2D eigenvalue weighted by molar-refractivity contribution is 5.96. The molecule has 1 N–H and O–H groups in total. The smallest absolute Gasteiger partial charge is 0.417 e. The van der Waals surface area contributed by atoms with E-state index in [0.29, 0.717) is 18.5 Å². The summed E-state index contributed by atoms with van der Waals surface area (Å²) in [6.45, 7) is 6.25. The molecule has 1 aliphatic carbocycles. The monoisotopic (exact) mass is 329 g/mol. The molecule has 2 aliphatic rings. The number of nitrogens with one attached hydrogen (secondary N) is 1. The lowest BCUT2D eigenvalue weighted by molar-refractivity contribution is 0.0304. The highest BCUT2D eigenvalue weighted by atomic mass is 16.6. The number of fused-ring (bicyclic) bond motifs is 1. The van der Waals surface area contributed by atoms with E-state index in [1.54, 1.807) is 4.90 Å². The average Bonchev–Trinajstić information content (AvgIpc) is 2.91. The molecular weight excluding hydrogens is 302 g/mol. The first-order valence-electron chi connectivity index (χ1n) is 8.81. The van der Waals surface area contributed by atoms with E-state index in [0.717, 1.165) is 24.8 Å². The molecule has 3 rings (SSSR count). The van der Waals surface area contributed by atoms with Crippen LogP contribution in [0.5, 0.6) is 0 Å². The lowest BCUT2D eigenvalue weighted by atomic mass is 9.91. The fourth-order valence-electron chi connectivity index (χ4n) is 3.39. The number of aliphatic imine (C=N–C) groups is 1. The number of guanidine groups is 1. The van der Waals surface area contributed by atoms with E-state index < -0.39 is 5.60 Å². The predicted octanol–water partition coefficient (Wildman–Crippen LogP) is 3.69. The van der Waals surface area contributed by atoms with Crippen molar-refractivity contribution in [2.45, 2.75) is 70.7 Å². The van der Waals surface area contributed by atoms with Gasteiger partial charge < -0.3 is 10.1 Å². The number of rotatable bonds is 2. The van der Waals surface area contributed by atoms with Gasteiger partial charge in [0.1, 0.15) is 5.60 Å². The molecule has 1 aliphatic heterocycles. The number of carbonyl (C=O) groups is 1. The van der Waals surface area contributed by atoms with E-state index in [1.165, 1.54) is 6.42 Å². The van der Waals surface area contributed by atoms with Crippen molar-refractivity contribution >= 4 is 12.1 Å². The normalized spacial score (nSPS) is 25.3. The zero-order valence-corrected chi connectivity index (χ0v) is 14.8. The molecule has 1 saturated heterocycles. The van der Waals surface area contributed by atoms with Crippen molar-refractivity contribution in [1.82, 2.24) is 10.2 Å². The summed E-state index contributed by atoms with van der Waals surface area (Å²) in [7, 11) is 0. The summed E-state index contributed by atoms with van der Waals surface area (Å²) in [5.41, 5.74) is 0.625. The van der Waals surface area contributed by atoms with E-state index in [2.05, 4.69) is 10.3 Å². The Morgan fingerprint density at radius 1 is 1.25 bits per heavy atom. The average molecular weight is 329 g/mol. The number of hydrogen-bond donors (Lipinski definition) is 1. The number of amides is 1. The van der Waals surface area contributed by atoms with Crippen LogP contribution in [0, 0.1) is 0 Å². The molecule has 0 unspecified atom stereocenters. The molecule has 1 aromatic rings. The summed E-state index contributed by atoms with van der Waals surface area (Å²) < 4.78 is 5.62. The molecule has 1 amide bonds. The van der Waals surface area contributed by atoms with Crippen LogP contribution in [0.1, 0.15) is 52.0 Å². The minimum atomic E-state index is -0.506. The van der Waals surface area contributed by atoms with E-state index in [4.69, 9.17) is 4.74 Å². The molecular formula is C19H27N3O2. The number of ether oxygens (including phenoxy) is 1. The van der Waals surface area contributed by atoms with Gasteiger partial charge in [-0.25, -0.2) is 14.7 Å². The lowest BCUT2D eigenvalue weighted by Gasteiger charge is -2.31. The van der Waals surface area contributed by atoms with E-state index >= 15 is 0 Å². The molecule has 1 saturated carbocycles. The van der Waals surface area contributed by atoms with Crippen LogP contribution in [0.3, 0.4) is 0 Å². The minimum absolute atomic E-state index is 0.156. The zero-order valence-electron chi connectivity index (χ0n) is 14.8. The number of nitrogens with zero attached hydrogens (tertiary/aromatic N) is 2. The highest BCUT2D eigenvalue weighted by Crippen LogP contribution is 2.29. The third-order valence-electron chi connectivity index (χ3n) is 4.45. The Bertz CT molecular complexity index is 607. The summed E-state index contributed by atoms with van der Waals surface area (Å²) in [4.78, 5) is 19.1. The number of carbonyl (C=O) groups excluding carboxylic acids is 1. The maximum atomic E-state index is 12.7. The second-order valence-electron chi connectivity index (χ2n) is 7.58. The van der Waals surface area contributed by atoms with Crippen molar-refractivity contribution in [2.75, 3.05) is 0 Å². The molecule has 2 fully saturated rings. The largest absolute Gasteiger partial charge is 0.443 e. The first-order chi connectivity index (χ1) is 11.4. The van der Waals surface area contributed by atoms with Crippen molar-refractivity contribution in [3.8, 4) is 0 Å². The standard InChI is InChI=1S/C19H27N3O2/c1-19(2,3)24-18(23)22-16-12-8-7-11-15(16)21-17(22)20-13-14-9-5-4-6-10-14/h4-6,9-10,15-16H,7-8,11-13H2,1-3H3,(H,20,21)/t15-,16+/m0/s1. The molecule has 130 valence electrons. The summed E-state index contributed by atoms with van der Waals surface area (Å²) in [5.74, 6) is 0.657. The van der Waals surface area contributed by atoms with Crippen molar-refractivity contribution in [1.29, 1.82) is 0 Å². The van der Waals surface area contributed by atoms with Gasteiger partial charge in [0.2, 0.25) is 5.96 Å². The predicted molar refractivity (Wildman–Crippen MR) is 94.8 cm³/mol. The third-order valence-corrected chi connectivity index (χ3v) is 4.45. The van der Waals surface area contributed by atoms with Crippen LogP contribution in [0.15, 0.2) is 35.3 Å².